The molecule has 3 amide bonds. The highest BCUT2D eigenvalue weighted by atomic mass is 35.5. The van der Waals surface area contributed by atoms with Crippen LogP contribution in [0, 0.1) is 0 Å². The van der Waals surface area contributed by atoms with Gasteiger partial charge < -0.3 is 30.3 Å². The van der Waals surface area contributed by atoms with E-state index in [2.05, 4.69) is 28.6 Å². The van der Waals surface area contributed by atoms with Gasteiger partial charge in [0.15, 0.2) is 0 Å². The number of carbonyl (C=O) groups is 2. The molecule has 0 saturated carbocycles. The van der Waals surface area contributed by atoms with Crippen molar-refractivity contribution in [2.24, 2.45) is 0 Å². The van der Waals surface area contributed by atoms with E-state index in [1.807, 2.05) is 58.3 Å². The number of imidazole rings is 1. The first-order valence-electron chi connectivity index (χ1n) is 18.2. The lowest BCUT2D eigenvalue weighted by molar-refractivity contribution is -0.137. The van der Waals surface area contributed by atoms with Crippen LogP contribution in [0.2, 0.25) is 5.02 Å². The number of likely N-dealkylation sites (tertiary alicyclic amines) is 1. The molecule has 2 aliphatic heterocycles. The molecule has 2 aliphatic rings. The van der Waals surface area contributed by atoms with Crippen LogP contribution in [0.5, 0.6) is 0 Å². The summed E-state index contributed by atoms with van der Waals surface area (Å²) in [6.07, 6.45) is -1.68. The molecule has 3 aromatic carbocycles. The van der Waals surface area contributed by atoms with E-state index < -0.39 is 23.3 Å². The number of urea groups is 1. The van der Waals surface area contributed by atoms with Gasteiger partial charge in [-0.25, -0.2) is 9.78 Å². The number of nitrogens with two attached hydrogens (primary N) is 1. The normalized spacial score (nSPS) is 16.2. The third-order valence-corrected chi connectivity index (χ3v) is 10.9. The number of para-hydroxylation sites is 3. The van der Waals surface area contributed by atoms with Crippen LogP contribution in [0.4, 0.5) is 29.3 Å². The molecule has 278 valence electrons. The third-order valence-electron chi connectivity index (χ3n) is 10.6. The minimum Gasteiger partial charge on any atom is -0.397 e. The van der Waals surface area contributed by atoms with E-state index in [0.717, 1.165) is 60.8 Å². The van der Waals surface area contributed by atoms with Gasteiger partial charge in [0.25, 0.3) is 0 Å². The molecule has 0 aliphatic carbocycles. The first kappa shape index (κ1) is 37.5. The lowest BCUT2D eigenvalue weighted by Crippen LogP contribution is -2.50. The van der Waals surface area contributed by atoms with Crippen molar-refractivity contribution in [3.63, 3.8) is 0 Å². The maximum atomic E-state index is 14.1. The SMILES string of the molecule is CCN(CC)CCCn1c([C@H](CC(=O)N2CCC(N3CCc4ccccc4NC3=O)CC2)Cc2cc(Cl)c(N)c(C(F)(F)F)c2)nc2ccccc21. The van der Waals surface area contributed by atoms with Crippen LogP contribution >= 0.6 is 11.6 Å². The summed E-state index contributed by atoms with van der Waals surface area (Å²) in [5.41, 5.74) is 8.22. The molecule has 0 unspecified atom stereocenters. The van der Waals surface area contributed by atoms with E-state index in [1.165, 1.54) is 6.07 Å². The topological polar surface area (TPSA) is 99.7 Å². The summed E-state index contributed by atoms with van der Waals surface area (Å²) in [6.45, 7) is 9.16. The Bertz CT molecular complexity index is 1890. The molecule has 52 heavy (non-hydrogen) atoms. The molecule has 0 radical (unpaired) electrons. The average molecular weight is 738 g/mol. The number of carbonyl (C=O) groups excluding carboxylic acids is 2. The summed E-state index contributed by atoms with van der Waals surface area (Å²) in [4.78, 5) is 38.4. The molecule has 1 fully saturated rings. The smallest absolute Gasteiger partial charge is 0.397 e. The summed E-state index contributed by atoms with van der Waals surface area (Å²) < 4.78 is 44.2. The van der Waals surface area contributed by atoms with Gasteiger partial charge in [0.05, 0.1) is 27.3 Å². The van der Waals surface area contributed by atoms with Crippen molar-refractivity contribution in [1.29, 1.82) is 0 Å². The second kappa shape index (κ2) is 16.2. The number of rotatable bonds is 12. The van der Waals surface area contributed by atoms with E-state index >= 15 is 0 Å². The second-order valence-electron chi connectivity index (χ2n) is 13.8. The van der Waals surface area contributed by atoms with Gasteiger partial charge in [0.1, 0.15) is 5.82 Å². The highest BCUT2D eigenvalue weighted by Gasteiger charge is 2.36. The van der Waals surface area contributed by atoms with Gasteiger partial charge in [-0.1, -0.05) is 55.8 Å². The molecule has 4 aromatic rings. The number of anilines is 2. The monoisotopic (exact) mass is 737 g/mol. The molecule has 6 rings (SSSR count). The van der Waals surface area contributed by atoms with E-state index in [9.17, 15) is 22.8 Å². The van der Waals surface area contributed by atoms with Crippen molar-refractivity contribution in [3.8, 4) is 0 Å². The number of piperidine rings is 1. The quantitative estimate of drug-likeness (QED) is 0.145. The van der Waals surface area contributed by atoms with E-state index in [0.29, 0.717) is 50.4 Å². The fraction of sp³-hybridized carbons (Fsp3) is 0.462. The summed E-state index contributed by atoms with van der Waals surface area (Å²) in [5.74, 6) is 0.0172. The maximum absolute atomic E-state index is 14.1. The van der Waals surface area contributed by atoms with E-state index in [-0.39, 0.29) is 35.8 Å². The Balaban J connectivity index is 1.25. The minimum absolute atomic E-state index is 0.0122. The van der Waals surface area contributed by atoms with Crippen LogP contribution in [-0.4, -0.2) is 81.5 Å². The molecule has 3 heterocycles. The zero-order valence-electron chi connectivity index (χ0n) is 29.8. The minimum atomic E-state index is -4.69. The number of hydrogen-bond donors (Lipinski definition) is 2. The number of alkyl halides is 3. The van der Waals surface area contributed by atoms with Gasteiger partial charge in [0, 0.05) is 50.2 Å². The standard InChI is InChI=1S/C39H47ClF3N7O2/c1-3-47(4-2)17-9-18-50-34-13-8-7-12-33(34)45-37(50)28(22-26-23-30(39(41,42)43)36(44)31(40)24-26)25-35(51)48-19-15-29(16-20-48)49-21-14-27-10-5-6-11-32(27)46-38(49)52/h5-8,10-13,23-24,28-29H,3-4,9,14-22,25,44H2,1-2H3,(H,46,52)/t28-/m0/s1. The van der Waals surface area contributed by atoms with Crippen LogP contribution in [0.3, 0.4) is 0 Å². The summed E-state index contributed by atoms with van der Waals surface area (Å²) in [5, 5.41) is 2.87. The van der Waals surface area contributed by atoms with Crippen LogP contribution in [0.25, 0.3) is 11.0 Å². The Kier molecular flexibility index (Phi) is 11.6. The Morgan fingerprint density at radius 3 is 2.50 bits per heavy atom. The van der Waals surface area contributed by atoms with Crippen molar-refractivity contribution in [3.05, 3.63) is 88.2 Å². The Hall–Kier alpha value is -4.29. The molecule has 1 saturated heterocycles. The van der Waals surface area contributed by atoms with Crippen LogP contribution in [-0.2, 0) is 30.4 Å². The number of halogens is 4. The lowest BCUT2D eigenvalue weighted by atomic mass is 9.92. The highest BCUT2D eigenvalue weighted by molar-refractivity contribution is 6.33. The number of amides is 3. The van der Waals surface area contributed by atoms with Gasteiger partial charge in [-0.3, -0.25) is 4.79 Å². The maximum Gasteiger partial charge on any atom is 0.418 e. The predicted molar refractivity (Wildman–Crippen MR) is 200 cm³/mol. The van der Waals surface area contributed by atoms with E-state index in [4.69, 9.17) is 22.3 Å². The van der Waals surface area contributed by atoms with Crippen LogP contribution < -0.4 is 11.1 Å². The molecule has 0 bridgehead atoms. The Morgan fingerprint density at radius 1 is 1.06 bits per heavy atom. The molecule has 13 heteroatoms. The molecule has 1 atom stereocenters. The number of aryl methyl sites for hydroxylation is 1. The summed E-state index contributed by atoms with van der Waals surface area (Å²) in [7, 11) is 0. The highest BCUT2D eigenvalue weighted by Crippen LogP contribution is 2.39. The van der Waals surface area contributed by atoms with Crippen molar-refractivity contribution in [2.75, 3.05) is 50.3 Å². The predicted octanol–water partition coefficient (Wildman–Crippen LogP) is 7.82. The van der Waals surface area contributed by atoms with Gasteiger partial charge in [-0.05, 0) is 93.2 Å². The Morgan fingerprint density at radius 2 is 1.77 bits per heavy atom. The zero-order valence-corrected chi connectivity index (χ0v) is 30.5. The second-order valence-corrected chi connectivity index (χ2v) is 14.2. The number of nitrogens with zero attached hydrogens (tertiary/aromatic N) is 5. The molecule has 9 nitrogen and oxygen atoms in total. The average Bonchev–Trinajstić information content (AvgIpc) is 3.40. The summed E-state index contributed by atoms with van der Waals surface area (Å²) in [6, 6.07) is 17.9. The van der Waals surface area contributed by atoms with Gasteiger partial charge in [0.2, 0.25) is 5.91 Å². The number of fused-ring (bicyclic) bond motifs is 2. The molecule has 1 aromatic heterocycles. The van der Waals surface area contributed by atoms with Crippen molar-refractivity contribution < 1.29 is 22.8 Å². The Labute approximate surface area is 307 Å². The van der Waals surface area contributed by atoms with Gasteiger partial charge >= 0.3 is 12.2 Å². The van der Waals surface area contributed by atoms with Gasteiger partial charge in [-0.15, -0.1) is 0 Å². The largest absolute Gasteiger partial charge is 0.418 e. The van der Waals surface area contributed by atoms with Crippen molar-refractivity contribution >= 4 is 45.9 Å². The number of hydrogen-bond acceptors (Lipinski definition) is 5. The number of nitrogens with one attached hydrogen (secondary N) is 1. The van der Waals surface area contributed by atoms with E-state index in [1.54, 1.807) is 0 Å². The lowest BCUT2D eigenvalue weighted by Gasteiger charge is -2.38. The van der Waals surface area contributed by atoms with Crippen LogP contribution in [0.15, 0.2) is 60.7 Å². The number of benzene rings is 3. The molecule has 0 spiro atoms. The molecule has 3 N–H and O–H groups in total. The van der Waals surface area contributed by atoms with Crippen LogP contribution in [0.1, 0.15) is 68.0 Å². The number of aromatic nitrogens is 2. The van der Waals surface area contributed by atoms with Crippen molar-refractivity contribution in [1.82, 2.24) is 24.3 Å². The first-order chi connectivity index (χ1) is 25.0. The fourth-order valence-electron chi connectivity index (χ4n) is 7.70. The summed E-state index contributed by atoms with van der Waals surface area (Å²) >= 11 is 6.27. The first-order valence-corrected chi connectivity index (χ1v) is 18.6. The molecular formula is C39H47ClF3N7O2. The van der Waals surface area contributed by atoms with Crippen molar-refractivity contribution in [2.45, 2.75) is 77.1 Å². The number of nitrogen functional groups attached to an aromatic ring is 1. The van der Waals surface area contributed by atoms with Gasteiger partial charge in [-0.2, -0.15) is 13.2 Å². The third kappa shape index (κ3) is 8.33. The zero-order chi connectivity index (χ0) is 37.0. The fourth-order valence-corrected chi connectivity index (χ4v) is 7.95. The molecular weight excluding hydrogens is 691 g/mol.